The van der Waals surface area contributed by atoms with E-state index in [1.807, 2.05) is 32.0 Å². The van der Waals surface area contributed by atoms with E-state index >= 15 is 0 Å². The summed E-state index contributed by atoms with van der Waals surface area (Å²) in [5.41, 5.74) is 0.738. The third-order valence-corrected chi connectivity index (χ3v) is 4.13. The third-order valence-electron chi connectivity index (χ3n) is 3.90. The first kappa shape index (κ1) is 16.8. The molecule has 1 aromatic carbocycles. The molecule has 1 aliphatic rings. The van der Waals surface area contributed by atoms with Crippen LogP contribution in [-0.4, -0.2) is 35.7 Å². The third kappa shape index (κ3) is 3.99. The highest BCUT2D eigenvalue weighted by atomic mass is 35.5. The van der Waals surface area contributed by atoms with Gasteiger partial charge in [0.15, 0.2) is 6.10 Å². The molecule has 2 atom stereocenters. The summed E-state index contributed by atoms with van der Waals surface area (Å²) in [5, 5.41) is 12.4. The summed E-state index contributed by atoms with van der Waals surface area (Å²) >= 11 is 6.00. The summed E-state index contributed by atoms with van der Waals surface area (Å²) < 4.78 is 5.24. The molecule has 2 N–H and O–H groups in total. The lowest BCUT2D eigenvalue weighted by Crippen LogP contribution is -2.42. The second kappa shape index (κ2) is 6.67. The van der Waals surface area contributed by atoms with E-state index < -0.39 is 18.2 Å². The van der Waals surface area contributed by atoms with Gasteiger partial charge in [0.1, 0.15) is 6.10 Å². The van der Waals surface area contributed by atoms with Crippen LogP contribution in [0, 0.1) is 0 Å². The Balaban J connectivity index is 1.92. The smallest absolute Gasteiger partial charge is 0.332 e. The van der Waals surface area contributed by atoms with Gasteiger partial charge in [-0.15, -0.1) is 0 Å². The molecule has 1 saturated heterocycles. The number of carbonyl (C=O) groups is 2. The lowest BCUT2D eigenvalue weighted by atomic mass is 9.84. The normalized spacial score (nSPS) is 21.6. The van der Waals surface area contributed by atoms with E-state index in [4.69, 9.17) is 21.4 Å². The van der Waals surface area contributed by atoms with Gasteiger partial charge in [-0.25, -0.2) is 4.79 Å². The Morgan fingerprint density at radius 1 is 1.36 bits per heavy atom. The second-order valence-corrected chi connectivity index (χ2v) is 6.58. The van der Waals surface area contributed by atoms with Gasteiger partial charge in [-0.3, -0.25) is 4.79 Å². The molecule has 0 bridgehead atoms. The zero-order valence-corrected chi connectivity index (χ0v) is 13.4. The molecule has 1 heterocycles. The van der Waals surface area contributed by atoms with Crippen LogP contribution in [-0.2, 0) is 19.7 Å². The van der Waals surface area contributed by atoms with Crippen molar-refractivity contribution in [3.63, 3.8) is 0 Å². The van der Waals surface area contributed by atoms with Crippen LogP contribution >= 0.6 is 11.6 Å². The van der Waals surface area contributed by atoms with Gasteiger partial charge in [0.05, 0.1) is 0 Å². The minimum absolute atomic E-state index is 0.265. The van der Waals surface area contributed by atoms with Crippen molar-refractivity contribution in [1.29, 1.82) is 0 Å². The molecule has 1 aromatic rings. The molecule has 2 rings (SSSR count). The van der Waals surface area contributed by atoms with Crippen molar-refractivity contribution in [2.75, 3.05) is 6.54 Å². The number of amides is 1. The lowest BCUT2D eigenvalue weighted by Gasteiger charge is -2.26. The van der Waals surface area contributed by atoms with E-state index in [1.54, 1.807) is 6.07 Å². The van der Waals surface area contributed by atoms with Crippen LogP contribution in [0.1, 0.15) is 32.3 Å². The predicted octanol–water partition coefficient (Wildman–Crippen LogP) is 2.37. The van der Waals surface area contributed by atoms with Crippen molar-refractivity contribution < 1.29 is 19.4 Å². The van der Waals surface area contributed by atoms with E-state index in [2.05, 4.69) is 5.32 Å². The maximum atomic E-state index is 12.1. The van der Waals surface area contributed by atoms with Crippen LogP contribution in [0.5, 0.6) is 0 Å². The highest BCUT2D eigenvalue weighted by molar-refractivity contribution is 6.30. The van der Waals surface area contributed by atoms with Gasteiger partial charge in [0, 0.05) is 17.0 Å². The number of aliphatic carboxylic acids is 1. The molecule has 0 saturated carbocycles. The van der Waals surface area contributed by atoms with E-state index in [0.29, 0.717) is 24.4 Å². The molecule has 1 aliphatic heterocycles. The standard InChI is InChI=1S/C16H20ClNO4/c1-16(2,10-4-3-5-11(17)8-10)9-18-14(19)12-6-7-13(22-12)15(20)21/h3-5,8,12-13H,6-7,9H2,1-2H3,(H,18,19)(H,20,21)/t12-,13+/m0/s1. The number of ether oxygens (including phenoxy) is 1. The highest BCUT2D eigenvalue weighted by Gasteiger charge is 2.35. The fraction of sp³-hybridized carbons (Fsp3) is 0.500. The molecule has 0 aliphatic carbocycles. The van der Waals surface area contributed by atoms with Crippen LogP contribution in [0.4, 0.5) is 0 Å². The Hall–Kier alpha value is -1.59. The van der Waals surface area contributed by atoms with Crippen LogP contribution in [0.25, 0.3) is 0 Å². The SMILES string of the molecule is CC(C)(CNC(=O)[C@@H]1CC[C@H](C(=O)O)O1)c1cccc(Cl)c1. The summed E-state index contributed by atoms with van der Waals surface area (Å²) in [4.78, 5) is 22.9. The Morgan fingerprint density at radius 2 is 2.05 bits per heavy atom. The van der Waals surface area contributed by atoms with Crippen molar-refractivity contribution in [1.82, 2.24) is 5.32 Å². The summed E-state index contributed by atoms with van der Waals surface area (Å²) in [7, 11) is 0. The molecule has 0 aromatic heterocycles. The summed E-state index contributed by atoms with van der Waals surface area (Å²) in [6.07, 6.45) is -0.765. The average molecular weight is 326 g/mol. The summed E-state index contributed by atoms with van der Waals surface area (Å²) in [6.45, 7) is 4.44. The van der Waals surface area contributed by atoms with Gasteiger partial charge in [-0.1, -0.05) is 37.6 Å². The molecular weight excluding hydrogens is 306 g/mol. The monoisotopic (exact) mass is 325 g/mol. The zero-order chi connectivity index (χ0) is 16.3. The molecule has 1 fully saturated rings. The number of benzene rings is 1. The first-order valence-corrected chi connectivity index (χ1v) is 7.59. The molecule has 6 heteroatoms. The van der Waals surface area contributed by atoms with Crippen molar-refractivity contribution in [3.05, 3.63) is 34.9 Å². The second-order valence-electron chi connectivity index (χ2n) is 6.14. The Labute approximate surface area is 134 Å². The van der Waals surface area contributed by atoms with E-state index in [1.165, 1.54) is 0 Å². The highest BCUT2D eigenvalue weighted by Crippen LogP contribution is 2.25. The Bertz CT molecular complexity index is 573. The maximum absolute atomic E-state index is 12.1. The van der Waals surface area contributed by atoms with Crippen molar-refractivity contribution in [2.24, 2.45) is 0 Å². The average Bonchev–Trinajstić information content (AvgIpc) is 2.95. The molecule has 1 amide bonds. The molecule has 0 radical (unpaired) electrons. The number of halogens is 1. The van der Waals surface area contributed by atoms with Crippen LogP contribution in [0.15, 0.2) is 24.3 Å². The van der Waals surface area contributed by atoms with E-state index in [0.717, 1.165) is 5.56 Å². The molecule has 120 valence electrons. The van der Waals surface area contributed by atoms with Gasteiger partial charge in [0.2, 0.25) is 5.91 Å². The zero-order valence-electron chi connectivity index (χ0n) is 12.6. The largest absolute Gasteiger partial charge is 0.479 e. The Morgan fingerprint density at radius 3 is 2.64 bits per heavy atom. The van der Waals surface area contributed by atoms with Crippen LogP contribution < -0.4 is 5.32 Å². The number of carboxylic acids is 1. The van der Waals surface area contributed by atoms with Gasteiger partial charge in [0.25, 0.3) is 0 Å². The molecule has 5 nitrogen and oxygen atoms in total. The number of hydrogen-bond acceptors (Lipinski definition) is 3. The van der Waals surface area contributed by atoms with Crippen molar-refractivity contribution in [2.45, 2.75) is 44.3 Å². The molecule has 0 unspecified atom stereocenters. The topological polar surface area (TPSA) is 75.6 Å². The lowest BCUT2D eigenvalue weighted by molar-refractivity contribution is -0.151. The van der Waals surface area contributed by atoms with E-state index in [9.17, 15) is 9.59 Å². The number of carboxylic acid groups (broad SMARTS) is 1. The molecule has 22 heavy (non-hydrogen) atoms. The first-order valence-electron chi connectivity index (χ1n) is 7.21. The molecule has 0 spiro atoms. The fourth-order valence-electron chi connectivity index (χ4n) is 2.45. The fourth-order valence-corrected chi connectivity index (χ4v) is 2.64. The van der Waals surface area contributed by atoms with Gasteiger partial charge in [-0.05, 0) is 30.5 Å². The van der Waals surface area contributed by atoms with Crippen molar-refractivity contribution in [3.8, 4) is 0 Å². The quantitative estimate of drug-likeness (QED) is 0.871. The number of carbonyl (C=O) groups excluding carboxylic acids is 1. The first-order chi connectivity index (χ1) is 10.3. The van der Waals surface area contributed by atoms with Gasteiger partial charge >= 0.3 is 5.97 Å². The molecular formula is C16H20ClNO4. The summed E-state index contributed by atoms with van der Waals surface area (Å²) in [5.74, 6) is -1.28. The maximum Gasteiger partial charge on any atom is 0.332 e. The predicted molar refractivity (Wildman–Crippen MR) is 83.0 cm³/mol. The number of nitrogens with one attached hydrogen (secondary N) is 1. The van der Waals surface area contributed by atoms with Gasteiger partial charge < -0.3 is 15.2 Å². The Kier molecular flexibility index (Phi) is 5.08. The van der Waals surface area contributed by atoms with Crippen LogP contribution in [0.3, 0.4) is 0 Å². The van der Waals surface area contributed by atoms with E-state index in [-0.39, 0.29) is 11.3 Å². The summed E-state index contributed by atoms with van der Waals surface area (Å²) in [6, 6.07) is 7.52. The number of hydrogen-bond donors (Lipinski definition) is 2. The minimum Gasteiger partial charge on any atom is -0.479 e. The van der Waals surface area contributed by atoms with Crippen LogP contribution in [0.2, 0.25) is 5.02 Å². The van der Waals surface area contributed by atoms with Gasteiger partial charge in [-0.2, -0.15) is 0 Å². The van der Waals surface area contributed by atoms with Crippen molar-refractivity contribution >= 4 is 23.5 Å². The number of rotatable bonds is 5. The minimum atomic E-state index is -1.02.